The first-order valence-electron chi connectivity index (χ1n) is 6.11. The average molecular weight is 295 g/mol. The lowest BCUT2D eigenvalue weighted by Crippen LogP contribution is -2.24. The van der Waals surface area contributed by atoms with Gasteiger partial charge in [-0.2, -0.15) is 0 Å². The number of rotatable bonds is 5. The number of hydrogen-bond acceptors (Lipinski definition) is 4. The van der Waals surface area contributed by atoms with E-state index in [4.69, 9.17) is 9.15 Å². The molecule has 2 rings (SSSR count). The van der Waals surface area contributed by atoms with E-state index in [1.165, 1.54) is 13.4 Å². The molecule has 5 nitrogen and oxygen atoms in total. The van der Waals surface area contributed by atoms with Gasteiger partial charge in [-0.3, -0.25) is 0 Å². The molecule has 6 heteroatoms. The van der Waals surface area contributed by atoms with Crippen molar-refractivity contribution in [3.63, 3.8) is 0 Å². The van der Waals surface area contributed by atoms with Gasteiger partial charge in [0.1, 0.15) is 16.4 Å². The highest BCUT2D eigenvalue weighted by molar-refractivity contribution is 7.89. The van der Waals surface area contributed by atoms with Gasteiger partial charge in [0.05, 0.1) is 19.9 Å². The summed E-state index contributed by atoms with van der Waals surface area (Å²) < 4.78 is 37.6. The average Bonchev–Trinajstić information content (AvgIpc) is 2.89. The van der Waals surface area contributed by atoms with Crippen LogP contribution < -0.4 is 9.46 Å². The van der Waals surface area contributed by atoms with E-state index in [1.54, 1.807) is 18.2 Å². The maximum Gasteiger partial charge on any atom is 0.244 e. The van der Waals surface area contributed by atoms with Crippen LogP contribution in [0.25, 0.3) is 0 Å². The highest BCUT2D eigenvalue weighted by Gasteiger charge is 2.21. The van der Waals surface area contributed by atoms with Gasteiger partial charge < -0.3 is 9.15 Å². The number of aryl methyl sites for hydroxylation is 2. The van der Waals surface area contributed by atoms with Crippen molar-refractivity contribution in [2.45, 2.75) is 25.3 Å². The highest BCUT2D eigenvalue weighted by Crippen LogP contribution is 2.29. The van der Waals surface area contributed by atoms with Gasteiger partial charge in [-0.1, -0.05) is 6.07 Å². The number of ether oxygens (including phenoxy) is 1. The van der Waals surface area contributed by atoms with E-state index < -0.39 is 10.0 Å². The summed E-state index contributed by atoms with van der Waals surface area (Å²) >= 11 is 0. The fourth-order valence-electron chi connectivity index (χ4n) is 2.03. The SMILES string of the molecule is COc1c(C)cc(C)cc1S(=O)(=O)NCc1ccco1. The summed E-state index contributed by atoms with van der Waals surface area (Å²) in [5, 5.41) is 0. The predicted octanol–water partition coefficient (Wildman–Crippen LogP) is 2.38. The second kappa shape index (κ2) is 5.68. The fraction of sp³-hybridized carbons (Fsp3) is 0.286. The predicted molar refractivity (Wildman–Crippen MR) is 75.2 cm³/mol. The zero-order valence-electron chi connectivity index (χ0n) is 11.6. The third-order valence-electron chi connectivity index (χ3n) is 2.90. The van der Waals surface area contributed by atoms with Gasteiger partial charge in [0.15, 0.2) is 0 Å². The molecule has 1 aromatic carbocycles. The summed E-state index contributed by atoms with van der Waals surface area (Å²) in [7, 11) is -2.20. The molecule has 0 unspecified atom stereocenters. The van der Waals surface area contributed by atoms with Gasteiger partial charge in [-0.15, -0.1) is 0 Å². The molecule has 0 aliphatic heterocycles. The van der Waals surface area contributed by atoms with Crippen LogP contribution in [0.5, 0.6) is 5.75 Å². The van der Waals surface area contributed by atoms with Crippen LogP contribution in [0.1, 0.15) is 16.9 Å². The molecule has 1 N–H and O–H groups in total. The molecule has 0 amide bonds. The lowest BCUT2D eigenvalue weighted by Gasteiger charge is -2.13. The molecule has 0 saturated carbocycles. The minimum absolute atomic E-state index is 0.103. The van der Waals surface area contributed by atoms with Crippen LogP contribution in [0, 0.1) is 13.8 Å². The zero-order valence-corrected chi connectivity index (χ0v) is 12.5. The standard InChI is InChI=1S/C14H17NO4S/c1-10-7-11(2)14(18-3)13(8-10)20(16,17)15-9-12-5-4-6-19-12/h4-8,15H,9H2,1-3H3. The molecule has 0 aliphatic carbocycles. The van der Waals surface area contributed by atoms with Crippen LogP contribution in [0.2, 0.25) is 0 Å². The summed E-state index contributed by atoms with van der Waals surface area (Å²) in [5.74, 6) is 0.916. The molecule has 0 spiro atoms. The van der Waals surface area contributed by atoms with Gasteiger partial charge in [0.2, 0.25) is 10.0 Å². The van der Waals surface area contributed by atoms with E-state index >= 15 is 0 Å². The number of hydrogen-bond donors (Lipinski definition) is 1. The maximum atomic E-state index is 12.4. The second-order valence-corrected chi connectivity index (χ2v) is 6.25. The highest BCUT2D eigenvalue weighted by atomic mass is 32.2. The zero-order chi connectivity index (χ0) is 14.8. The van der Waals surface area contributed by atoms with Gasteiger partial charge in [0.25, 0.3) is 0 Å². The Morgan fingerprint density at radius 3 is 2.65 bits per heavy atom. The van der Waals surface area contributed by atoms with Crippen molar-refractivity contribution in [2.24, 2.45) is 0 Å². The molecule has 20 heavy (non-hydrogen) atoms. The summed E-state index contributed by atoms with van der Waals surface area (Å²) in [6.45, 7) is 3.76. The first-order chi connectivity index (χ1) is 9.44. The summed E-state index contributed by atoms with van der Waals surface area (Å²) in [5.41, 5.74) is 1.65. The molecule has 0 saturated heterocycles. The number of furan rings is 1. The van der Waals surface area contributed by atoms with E-state index in [2.05, 4.69) is 4.72 Å². The third-order valence-corrected chi connectivity index (χ3v) is 4.30. The van der Waals surface area contributed by atoms with Crippen LogP contribution in [0.15, 0.2) is 39.8 Å². The van der Waals surface area contributed by atoms with Crippen LogP contribution in [0.3, 0.4) is 0 Å². The van der Waals surface area contributed by atoms with Crippen molar-refractivity contribution in [3.05, 3.63) is 47.4 Å². The van der Waals surface area contributed by atoms with E-state index in [1.807, 2.05) is 19.9 Å². The number of benzene rings is 1. The molecular weight excluding hydrogens is 278 g/mol. The topological polar surface area (TPSA) is 68.5 Å². The Kier molecular flexibility index (Phi) is 4.15. The minimum atomic E-state index is -3.66. The van der Waals surface area contributed by atoms with Crippen LogP contribution in [-0.4, -0.2) is 15.5 Å². The molecule has 108 valence electrons. The molecule has 0 radical (unpaired) electrons. The maximum absolute atomic E-state index is 12.4. The molecule has 1 heterocycles. The molecule has 0 bridgehead atoms. The molecule has 0 aliphatic rings. The van der Waals surface area contributed by atoms with Gasteiger partial charge in [-0.05, 0) is 43.2 Å². The normalized spacial score (nSPS) is 11.6. The Balaban J connectivity index is 2.33. The Labute approximate surface area is 118 Å². The largest absolute Gasteiger partial charge is 0.495 e. The van der Waals surface area contributed by atoms with Gasteiger partial charge >= 0.3 is 0 Å². The van der Waals surface area contributed by atoms with E-state index in [-0.39, 0.29) is 11.4 Å². The first kappa shape index (κ1) is 14.6. The van der Waals surface area contributed by atoms with Crippen LogP contribution in [-0.2, 0) is 16.6 Å². The van der Waals surface area contributed by atoms with E-state index in [9.17, 15) is 8.42 Å². The van der Waals surface area contributed by atoms with Crippen molar-refractivity contribution in [1.29, 1.82) is 0 Å². The third kappa shape index (κ3) is 3.02. The lowest BCUT2D eigenvalue weighted by molar-refractivity contribution is 0.398. The first-order valence-corrected chi connectivity index (χ1v) is 7.59. The van der Waals surface area contributed by atoms with Crippen molar-refractivity contribution >= 4 is 10.0 Å². The van der Waals surface area contributed by atoms with Crippen molar-refractivity contribution in [1.82, 2.24) is 4.72 Å². The molecule has 1 aromatic heterocycles. The fourth-order valence-corrected chi connectivity index (χ4v) is 3.35. The Morgan fingerprint density at radius 1 is 1.30 bits per heavy atom. The Morgan fingerprint density at radius 2 is 2.05 bits per heavy atom. The number of nitrogens with one attached hydrogen (secondary N) is 1. The number of methoxy groups -OCH3 is 1. The molecular formula is C14H17NO4S. The van der Waals surface area contributed by atoms with Gasteiger partial charge in [0, 0.05) is 0 Å². The molecule has 0 atom stereocenters. The van der Waals surface area contributed by atoms with Crippen molar-refractivity contribution in [3.8, 4) is 5.75 Å². The monoisotopic (exact) mass is 295 g/mol. The summed E-state index contributed by atoms with van der Waals surface area (Å²) in [6, 6.07) is 6.89. The van der Waals surface area contributed by atoms with E-state index in [0.29, 0.717) is 11.5 Å². The summed E-state index contributed by atoms with van der Waals surface area (Å²) in [4.78, 5) is 0.143. The number of sulfonamides is 1. The summed E-state index contributed by atoms with van der Waals surface area (Å²) in [6.07, 6.45) is 1.50. The van der Waals surface area contributed by atoms with Crippen molar-refractivity contribution < 1.29 is 17.6 Å². The Bertz CT molecular complexity index is 690. The lowest BCUT2D eigenvalue weighted by atomic mass is 10.1. The van der Waals surface area contributed by atoms with Gasteiger partial charge in [-0.25, -0.2) is 13.1 Å². The quantitative estimate of drug-likeness (QED) is 0.919. The Hall–Kier alpha value is -1.79. The second-order valence-electron chi connectivity index (χ2n) is 4.52. The van der Waals surface area contributed by atoms with E-state index in [0.717, 1.165) is 11.1 Å². The molecule has 2 aromatic rings. The molecule has 0 fully saturated rings. The minimum Gasteiger partial charge on any atom is -0.495 e. The van der Waals surface area contributed by atoms with Crippen molar-refractivity contribution in [2.75, 3.05) is 7.11 Å². The smallest absolute Gasteiger partial charge is 0.244 e. The van der Waals surface area contributed by atoms with Crippen LogP contribution in [0.4, 0.5) is 0 Å². The van der Waals surface area contributed by atoms with Crippen LogP contribution >= 0.6 is 0 Å².